The molecule has 2 aromatic carbocycles. The Balaban J connectivity index is 2.07. The van der Waals surface area contributed by atoms with Crippen molar-refractivity contribution in [1.29, 1.82) is 0 Å². The van der Waals surface area contributed by atoms with Gasteiger partial charge < -0.3 is 14.4 Å². The standard InChI is InChI=1S/C18H21NO5S/c1-23-16-10-15(11-17(12-16)24-2)13-19(14-20)8-9-25(21,22)18-6-4-3-5-7-18/h3-7,10-12,14H,8-9,13H2,1-2H3. The van der Waals surface area contributed by atoms with Gasteiger partial charge in [0.15, 0.2) is 9.84 Å². The molecule has 0 unspecified atom stereocenters. The Morgan fingerprint density at radius 2 is 1.60 bits per heavy atom. The van der Waals surface area contributed by atoms with Gasteiger partial charge in [0.1, 0.15) is 11.5 Å². The van der Waals surface area contributed by atoms with E-state index in [0.717, 1.165) is 5.56 Å². The highest BCUT2D eigenvalue weighted by Crippen LogP contribution is 2.23. The van der Waals surface area contributed by atoms with Crippen molar-refractivity contribution in [3.05, 3.63) is 54.1 Å². The zero-order valence-electron chi connectivity index (χ0n) is 14.2. The molecular formula is C18H21NO5S. The first-order valence-corrected chi connectivity index (χ1v) is 9.33. The van der Waals surface area contributed by atoms with Gasteiger partial charge >= 0.3 is 0 Å². The van der Waals surface area contributed by atoms with Gasteiger partial charge in [-0.05, 0) is 29.8 Å². The molecule has 0 fully saturated rings. The number of nitrogens with zero attached hydrogens (tertiary/aromatic N) is 1. The lowest BCUT2D eigenvalue weighted by Crippen LogP contribution is -2.28. The van der Waals surface area contributed by atoms with Gasteiger partial charge in [0, 0.05) is 19.2 Å². The number of carbonyl (C=O) groups is 1. The molecule has 6 nitrogen and oxygen atoms in total. The lowest BCUT2D eigenvalue weighted by Gasteiger charge is -2.18. The molecule has 2 rings (SSSR count). The number of sulfone groups is 1. The first kappa shape index (κ1) is 18.8. The van der Waals surface area contributed by atoms with Gasteiger partial charge in [-0.2, -0.15) is 0 Å². The number of benzene rings is 2. The van der Waals surface area contributed by atoms with Gasteiger partial charge in [-0.25, -0.2) is 8.42 Å². The average molecular weight is 363 g/mol. The first-order chi connectivity index (χ1) is 12.0. The van der Waals surface area contributed by atoms with Crippen molar-refractivity contribution in [3.63, 3.8) is 0 Å². The molecule has 0 bridgehead atoms. The van der Waals surface area contributed by atoms with Crippen molar-refractivity contribution in [2.45, 2.75) is 11.4 Å². The van der Waals surface area contributed by atoms with Crippen LogP contribution in [0, 0.1) is 0 Å². The summed E-state index contributed by atoms with van der Waals surface area (Å²) < 4.78 is 35.1. The third-order valence-electron chi connectivity index (χ3n) is 3.70. The highest BCUT2D eigenvalue weighted by molar-refractivity contribution is 7.91. The highest BCUT2D eigenvalue weighted by Gasteiger charge is 2.16. The molecule has 0 saturated heterocycles. The lowest BCUT2D eigenvalue weighted by molar-refractivity contribution is -0.118. The molecule has 134 valence electrons. The molecule has 0 aliphatic heterocycles. The minimum Gasteiger partial charge on any atom is -0.497 e. The fourth-order valence-corrected chi connectivity index (χ4v) is 3.63. The van der Waals surface area contributed by atoms with E-state index in [0.29, 0.717) is 17.9 Å². The number of rotatable bonds is 9. The second-order valence-corrected chi connectivity index (χ2v) is 7.54. The molecule has 2 aromatic rings. The van der Waals surface area contributed by atoms with Crippen LogP contribution >= 0.6 is 0 Å². The number of ether oxygens (including phenoxy) is 2. The van der Waals surface area contributed by atoms with Crippen LogP contribution in [0.15, 0.2) is 53.4 Å². The molecule has 0 atom stereocenters. The molecule has 0 radical (unpaired) electrons. The second kappa shape index (κ2) is 8.53. The Morgan fingerprint density at radius 3 is 2.12 bits per heavy atom. The minimum absolute atomic E-state index is 0.0975. The van der Waals surface area contributed by atoms with E-state index in [2.05, 4.69) is 0 Å². The van der Waals surface area contributed by atoms with Crippen LogP contribution in [0.2, 0.25) is 0 Å². The fraction of sp³-hybridized carbons (Fsp3) is 0.278. The molecule has 1 amide bonds. The quantitative estimate of drug-likeness (QED) is 0.638. The average Bonchev–Trinajstić information content (AvgIpc) is 2.65. The molecule has 0 aliphatic rings. The van der Waals surface area contributed by atoms with Gasteiger partial charge in [0.2, 0.25) is 6.41 Å². The van der Waals surface area contributed by atoms with E-state index < -0.39 is 9.84 Å². The van der Waals surface area contributed by atoms with E-state index in [9.17, 15) is 13.2 Å². The Bertz CT molecular complexity index is 783. The minimum atomic E-state index is -3.43. The summed E-state index contributed by atoms with van der Waals surface area (Å²) in [5.41, 5.74) is 0.792. The normalized spacial score (nSPS) is 11.0. The summed E-state index contributed by atoms with van der Waals surface area (Å²) in [5, 5.41) is 0. The van der Waals surface area contributed by atoms with Crippen LogP contribution < -0.4 is 9.47 Å². The van der Waals surface area contributed by atoms with Gasteiger partial charge in [-0.15, -0.1) is 0 Å². The predicted octanol–water partition coefficient (Wildman–Crippen LogP) is 2.14. The molecule has 0 spiro atoms. The van der Waals surface area contributed by atoms with Crippen LogP contribution in [0.25, 0.3) is 0 Å². The van der Waals surface area contributed by atoms with Crippen molar-refractivity contribution in [2.24, 2.45) is 0 Å². The Kier molecular flexibility index (Phi) is 6.41. The number of carbonyl (C=O) groups excluding carboxylic acids is 1. The topological polar surface area (TPSA) is 72.9 Å². The Labute approximate surface area is 147 Å². The Morgan fingerprint density at radius 1 is 1.00 bits per heavy atom. The smallest absolute Gasteiger partial charge is 0.210 e. The van der Waals surface area contributed by atoms with Crippen molar-refractivity contribution in [3.8, 4) is 11.5 Å². The van der Waals surface area contributed by atoms with Crippen LogP contribution in [0.5, 0.6) is 11.5 Å². The van der Waals surface area contributed by atoms with Crippen LogP contribution in [0.1, 0.15) is 5.56 Å². The number of amides is 1. The van der Waals surface area contributed by atoms with E-state index in [4.69, 9.17) is 9.47 Å². The molecule has 7 heteroatoms. The van der Waals surface area contributed by atoms with Gasteiger partial charge in [-0.1, -0.05) is 18.2 Å². The van der Waals surface area contributed by atoms with E-state index in [-0.39, 0.29) is 23.7 Å². The van der Waals surface area contributed by atoms with Crippen LogP contribution in [0.3, 0.4) is 0 Å². The monoisotopic (exact) mass is 363 g/mol. The summed E-state index contributed by atoms with van der Waals surface area (Å²) in [6.45, 7) is 0.363. The fourth-order valence-electron chi connectivity index (χ4n) is 2.34. The van der Waals surface area contributed by atoms with Crippen molar-refractivity contribution in [1.82, 2.24) is 4.90 Å². The molecule has 0 heterocycles. The summed E-state index contributed by atoms with van der Waals surface area (Å²) in [4.78, 5) is 13.0. The summed E-state index contributed by atoms with van der Waals surface area (Å²) in [7, 11) is -0.345. The Hall–Kier alpha value is -2.54. The molecule has 0 N–H and O–H groups in total. The highest BCUT2D eigenvalue weighted by atomic mass is 32.2. The number of methoxy groups -OCH3 is 2. The maximum Gasteiger partial charge on any atom is 0.210 e. The summed E-state index contributed by atoms with van der Waals surface area (Å²) in [6, 6.07) is 13.5. The molecule has 0 aliphatic carbocycles. The lowest BCUT2D eigenvalue weighted by atomic mass is 10.2. The third kappa shape index (κ3) is 5.22. The second-order valence-electron chi connectivity index (χ2n) is 5.43. The maximum absolute atomic E-state index is 12.3. The van der Waals surface area contributed by atoms with E-state index >= 15 is 0 Å². The summed E-state index contributed by atoms with van der Waals surface area (Å²) in [6.07, 6.45) is 0.645. The third-order valence-corrected chi connectivity index (χ3v) is 5.41. The predicted molar refractivity (Wildman–Crippen MR) is 94.5 cm³/mol. The SMILES string of the molecule is COc1cc(CN(C=O)CCS(=O)(=O)c2ccccc2)cc(OC)c1. The van der Waals surface area contributed by atoms with E-state index in [1.807, 2.05) is 0 Å². The van der Waals surface area contributed by atoms with E-state index in [1.165, 1.54) is 4.90 Å². The summed E-state index contributed by atoms with van der Waals surface area (Å²) >= 11 is 0. The van der Waals surface area contributed by atoms with Gasteiger partial charge in [0.05, 0.1) is 24.9 Å². The number of hydrogen-bond donors (Lipinski definition) is 0. The van der Waals surface area contributed by atoms with Crippen molar-refractivity contribution < 1.29 is 22.7 Å². The van der Waals surface area contributed by atoms with Gasteiger partial charge in [-0.3, -0.25) is 4.79 Å². The molecule has 0 aromatic heterocycles. The van der Waals surface area contributed by atoms with Crippen LogP contribution in [-0.4, -0.2) is 46.2 Å². The van der Waals surface area contributed by atoms with E-state index in [1.54, 1.807) is 62.8 Å². The zero-order chi connectivity index (χ0) is 18.3. The zero-order valence-corrected chi connectivity index (χ0v) is 15.0. The molecule has 0 saturated carbocycles. The maximum atomic E-state index is 12.3. The van der Waals surface area contributed by atoms with Gasteiger partial charge in [0.25, 0.3) is 0 Å². The largest absolute Gasteiger partial charge is 0.497 e. The van der Waals surface area contributed by atoms with Crippen molar-refractivity contribution >= 4 is 16.2 Å². The summed E-state index contributed by atoms with van der Waals surface area (Å²) in [5.74, 6) is 1.07. The number of hydrogen-bond acceptors (Lipinski definition) is 5. The van der Waals surface area contributed by atoms with Crippen LogP contribution in [0.4, 0.5) is 0 Å². The molecule has 25 heavy (non-hydrogen) atoms. The van der Waals surface area contributed by atoms with Crippen LogP contribution in [-0.2, 0) is 21.2 Å². The van der Waals surface area contributed by atoms with Crippen molar-refractivity contribution in [2.75, 3.05) is 26.5 Å². The molecular weight excluding hydrogens is 342 g/mol. The first-order valence-electron chi connectivity index (χ1n) is 7.67.